The minimum Gasteiger partial charge on any atom is -0.506 e. The Hall–Kier alpha value is -3.52. The van der Waals surface area contributed by atoms with E-state index in [-0.39, 0.29) is 19.0 Å². The molecule has 0 saturated carbocycles. The molecule has 2 aromatic heterocycles. The van der Waals surface area contributed by atoms with Gasteiger partial charge in [-0.05, 0) is 35.9 Å². The van der Waals surface area contributed by atoms with Crippen molar-refractivity contribution in [3.8, 4) is 28.5 Å². The molecule has 0 amide bonds. The first-order valence-electron chi connectivity index (χ1n) is 8.61. The van der Waals surface area contributed by atoms with Crippen molar-refractivity contribution in [2.75, 3.05) is 13.2 Å². The molecule has 3 aromatic rings. The maximum Gasteiger partial charge on any atom is 0.225 e. The quantitative estimate of drug-likeness (QED) is 0.631. The fourth-order valence-corrected chi connectivity index (χ4v) is 3.67. The van der Waals surface area contributed by atoms with Gasteiger partial charge >= 0.3 is 0 Å². The molecule has 2 aliphatic heterocycles. The average Bonchev–Trinajstić information content (AvgIpc) is 2.69. The van der Waals surface area contributed by atoms with Gasteiger partial charge in [-0.3, -0.25) is 4.99 Å². The van der Waals surface area contributed by atoms with Gasteiger partial charge in [0.05, 0.1) is 18.4 Å². The topological polar surface area (TPSA) is 103 Å². The number of hydrogen-bond acceptors (Lipinski definition) is 7. The van der Waals surface area contributed by atoms with Gasteiger partial charge in [0.2, 0.25) is 11.8 Å². The molecule has 0 radical (unpaired) electrons. The van der Waals surface area contributed by atoms with Crippen LogP contribution in [0.1, 0.15) is 11.1 Å². The third kappa shape index (κ3) is 2.42. The molecule has 1 spiro atoms. The van der Waals surface area contributed by atoms with E-state index in [0.717, 1.165) is 0 Å². The number of ether oxygens (including phenoxy) is 2. The molecule has 7 nitrogen and oxygen atoms in total. The van der Waals surface area contributed by atoms with Crippen molar-refractivity contribution in [2.24, 2.45) is 10.7 Å². The highest BCUT2D eigenvalue weighted by molar-refractivity contribution is 5.84. The predicted octanol–water partition coefficient (Wildman–Crippen LogP) is 2.73. The molecule has 0 fully saturated rings. The van der Waals surface area contributed by atoms with E-state index in [2.05, 4.69) is 15.0 Å². The molecule has 5 rings (SSSR count). The number of amidine groups is 1. The molecule has 3 N–H and O–H groups in total. The summed E-state index contributed by atoms with van der Waals surface area (Å²) >= 11 is 0. The minimum atomic E-state index is -1.05. The Morgan fingerprint density at radius 1 is 1.14 bits per heavy atom. The van der Waals surface area contributed by atoms with Gasteiger partial charge in [-0.2, -0.15) is 4.39 Å². The molecule has 1 atom stereocenters. The van der Waals surface area contributed by atoms with Crippen molar-refractivity contribution in [1.82, 2.24) is 9.97 Å². The SMILES string of the molecule is NC1=N[C@@]2(COC1)c1cc(-c3cccnc3F)ccc1Oc1ncc(O)cc12. The zero-order valence-electron chi connectivity index (χ0n) is 14.6. The lowest BCUT2D eigenvalue weighted by molar-refractivity contribution is 0.109. The monoisotopic (exact) mass is 378 g/mol. The lowest BCUT2D eigenvalue weighted by Crippen LogP contribution is -2.42. The van der Waals surface area contributed by atoms with Gasteiger partial charge in [0, 0.05) is 17.3 Å². The number of halogens is 1. The molecular formula is C20H15FN4O3. The molecule has 140 valence electrons. The number of aliphatic imine (C=N–C) groups is 1. The van der Waals surface area contributed by atoms with Crippen LogP contribution >= 0.6 is 0 Å². The predicted molar refractivity (Wildman–Crippen MR) is 98.8 cm³/mol. The minimum absolute atomic E-state index is 0.0287. The number of pyridine rings is 2. The highest BCUT2D eigenvalue weighted by Crippen LogP contribution is 2.50. The van der Waals surface area contributed by atoms with Crippen molar-refractivity contribution in [3.63, 3.8) is 0 Å². The standard InChI is InChI=1S/C20H15FN4O3/c21-18-13(2-1-5-23-18)11-3-4-16-14(6-11)20(10-27-9-17(22)25-20)15-7-12(26)8-24-19(15)28-16/h1-8,26H,9-10H2,(H2,22,25)/t20-/m0/s1. The molecule has 0 aliphatic carbocycles. The van der Waals surface area contributed by atoms with Crippen LogP contribution in [0.15, 0.2) is 53.8 Å². The van der Waals surface area contributed by atoms with E-state index in [1.165, 1.54) is 18.5 Å². The highest BCUT2D eigenvalue weighted by atomic mass is 19.1. The van der Waals surface area contributed by atoms with Crippen molar-refractivity contribution in [3.05, 3.63) is 65.9 Å². The maximum absolute atomic E-state index is 14.2. The van der Waals surface area contributed by atoms with Crippen LogP contribution in [0.5, 0.6) is 17.4 Å². The van der Waals surface area contributed by atoms with Crippen LogP contribution in [0.3, 0.4) is 0 Å². The summed E-state index contributed by atoms with van der Waals surface area (Å²) in [4.78, 5) is 12.6. The fraction of sp³-hybridized carbons (Fsp3) is 0.150. The van der Waals surface area contributed by atoms with Crippen molar-refractivity contribution >= 4 is 5.84 Å². The van der Waals surface area contributed by atoms with Crippen LogP contribution in [-0.4, -0.2) is 34.1 Å². The second-order valence-electron chi connectivity index (χ2n) is 6.66. The number of aromatic hydroxyl groups is 1. The molecule has 1 aromatic carbocycles. The van der Waals surface area contributed by atoms with Crippen molar-refractivity contribution in [2.45, 2.75) is 5.54 Å². The number of fused-ring (bicyclic) bond motifs is 4. The molecule has 0 unspecified atom stereocenters. The Morgan fingerprint density at radius 3 is 2.86 bits per heavy atom. The summed E-state index contributed by atoms with van der Waals surface area (Å²) in [5, 5.41) is 9.99. The van der Waals surface area contributed by atoms with Crippen molar-refractivity contribution in [1.29, 1.82) is 0 Å². The Labute approximate surface area is 159 Å². The second kappa shape index (κ2) is 6.00. The van der Waals surface area contributed by atoms with Crippen LogP contribution < -0.4 is 10.5 Å². The molecular weight excluding hydrogens is 363 g/mol. The first-order valence-corrected chi connectivity index (χ1v) is 8.61. The van der Waals surface area contributed by atoms with E-state index in [4.69, 9.17) is 15.2 Å². The summed E-state index contributed by atoms with van der Waals surface area (Å²) in [6.07, 6.45) is 2.69. The van der Waals surface area contributed by atoms with Gasteiger partial charge in [0.1, 0.15) is 29.5 Å². The summed E-state index contributed by atoms with van der Waals surface area (Å²) in [6, 6.07) is 10.1. The van der Waals surface area contributed by atoms with Gasteiger partial charge in [-0.1, -0.05) is 6.07 Å². The first kappa shape index (κ1) is 16.6. The summed E-state index contributed by atoms with van der Waals surface area (Å²) < 4.78 is 25.8. The van der Waals surface area contributed by atoms with E-state index < -0.39 is 11.5 Å². The van der Waals surface area contributed by atoms with Crippen LogP contribution in [0.4, 0.5) is 4.39 Å². The Bertz CT molecular complexity index is 1130. The molecule has 4 heterocycles. The van der Waals surface area contributed by atoms with Gasteiger partial charge in [0.15, 0.2) is 0 Å². The number of benzene rings is 1. The fourth-order valence-electron chi connectivity index (χ4n) is 3.67. The zero-order chi connectivity index (χ0) is 19.3. The largest absolute Gasteiger partial charge is 0.506 e. The molecule has 0 saturated heterocycles. The Morgan fingerprint density at radius 2 is 2.04 bits per heavy atom. The summed E-state index contributed by atoms with van der Waals surface area (Å²) in [5.41, 5.74) is 7.10. The molecule has 0 bridgehead atoms. The smallest absolute Gasteiger partial charge is 0.225 e. The van der Waals surface area contributed by atoms with E-state index in [1.807, 2.05) is 0 Å². The summed E-state index contributed by atoms with van der Waals surface area (Å²) in [5.74, 6) is 0.537. The number of nitrogens with two attached hydrogens (primary N) is 1. The number of hydrogen-bond donors (Lipinski definition) is 2. The molecule has 2 aliphatic rings. The molecule has 8 heteroatoms. The Balaban J connectivity index is 1.78. The van der Waals surface area contributed by atoms with E-state index in [1.54, 1.807) is 30.3 Å². The van der Waals surface area contributed by atoms with Gasteiger partial charge in [-0.25, -0.2) is 9.97 Å². The van der Waals surface area contributed by atoms with E-state index >= 15 is 0 Å². The van der Waals surface area contributed by atoms with E-state index in [0.29, 0.717) is 39.7 Å². The van der Waals surface area contributed by atoms with Gasteiger partial charge in [-0.15, -0.1) is 0 Å². The van der Waals surface area contributed by atoms with E-state index in [9.17, 15) is 9.50 Å². The van der Waals surface area contributed by atoms with Gasteiger partial charge < -0.3 is 20.3 Å². The zero-order valence-corrected chi connectivity index (χ0v) is 14.6. The first-order chi connectivity index (χ1) is 13.6. The number of rotatable bonds is 1. The third-order valence-corrected chi connectivity index (χ3v) is 4.88. The summed E-state index contributed by atoms with van der Waals surface area (Å²) in [6.45, 7) is 0.387. The third-order valence-electron chi connectivity index (χ3n) is 4.88. The van der Waals surface area contributed by atoms with Crippen LogP contribution in [0.25, 0.3) is 11.1 Å². The Kier molecular flexibility index (Phi) is 3.56. The second-order valence-corrected chi connectivity index (χ2v) is 6.66. The number of aromatic nitrogens is 2. The van der Waals surface area contributed by atoms with Crippen LogP contribution in [-0.2, 0) is 10.3 Å². The van der Waals surface area contributed by atoms with Crippen LogP contribution in [0, 0.1) is 5.95 Å². The molecule has 28 heavy (non-hydrogen) atoms. The van der Waals surface area contributed by atoms with Crippen LogP contribution in [0.2, 0.25) is 0 Å². The number of nitrogens with zero attached hydrogens (tertiary/aromatic N) is 3. The normalized spacial score (nSPS) is 20.1. The average molecular weight is 378 g/mol. The maximum atomic E-state index is 14.2. The summed E-state index contributed by atoms with van der Waals surface area (Å²) in [7, 11) is 0. The lowest BCUT2D eigenvalue weighted by atomic mass is 9.80. The highest BCUT2D eigenvalue weighted by Gasteiger charge is 2.45. The van der Waals surface area contributed by atoms with Gasteiger partial charge in [0.25, 0.3) is 0 Å². The lowest BCUT2D eigenvalue weighted by Gasteiger charge is -2.38. The van der Waals surface area contributed by atoms with Crippen molar-refractivity contribution < 1.29 is 19.0 Å².